The lowest BCUT2D eigenvalue weighted by atomic mass is 9.33. The Morgan fingerprint density at radius 3 is 1.63 bits per heavy atom. The Labute approximate surface area is 440 Å². The van der Waals surface area contributed by atoms with Gasteiger partial charge in [-0.1, -0.05) is 172 Å². The van der Waals surface area contributed by atoms with Crippen molar-refractivity contribution in [2.75, 3.05) is 9.80 Å². The van der Waals surface area contributed by atoms with Crippen molar-refractivity contribution in [3.8, 4) is 22.5 Å². The van der Waals surface area contributed by atoms with Gasteiger partial charge in [0.25, 0.3) is 6.71 Å². The molecule has 0 radical (unpaired) electrons. The molecule has 2 aromatic heterocycles. The second-order valence-corrected chi connectivity index (χ2v) is 24.7. The molecular weight excluding hydrogens is 908 g/mol. The third-order valence-electron chi connectivity index (χ3n) is 17.0. The lowest BCUT2D eigenvalue weighted by Crippen LogP contribution is -2.62. The first-order valence-electron chi connectivity index (χ1n) is 26.9. The quantitative estimate of drug-likeness (QED) is 0.164. The maximum absolute atomic E-state index is 2.63. The number of hydrogen-bond acceptors (Lipinski definition) is 2. The van der Waals surface area contributed by atoms with Gasteiger partial charge in [0.2, 0.25) is 0 Å². The number of aromatic nitrogens is 2. The molecule has 5 heterocycles. The van der Waals surface area contributed by atoms with Crippen LogP contribution in [0.1, 0.15) is 79.0 Å². The molecule has 0 spiro atoms. The summed E-state index contributed by atoms with van der Waals surface area (Å²) >= 11 is 0. The Balaban J connectivity index is 1.02. The van der Waals surface area contributed by atoms with Crippen LogP contribution in [0, 0.1) is 0 Å². The van der Waals surface area contributed by atoms with E-state index >= 15 is 0 Å². The zero-order valence-electron chi connectivity index (χ0n) is 44.3. The van der Waals surface area contributed by atoms with E-state index in [2.05, 4.69) is 275 Å². The van der Waals surface area contributed by atoms with E-state index in [0.717, 1.165) is 11.4 Å². The van der Waals surface area contributed by atoms with Crippen LogP contribution < -0.4 is 26.2 Å². The summed E-state index contributed by atoms with van der Waals surface area (Å²) in [6.45, 7) is 21.0. The molecule has 3 aliphatic rings. The third-order valence-corrected chi connectivity index (χ3v) is 17.0. The molecule has 0 atom stereocenters. The predicted molar refractivity (Wildman–Crippen MR) is 322 cm³/mol. The summed E-state index contributed by atoms with van der Waals surface area (Å²) in [5.74, 6) is 0. The average Bonchev–Trinajstić information content (AvgIpc) is 4.04. The van der Waals surface area contributed by atoms with Crippen LogP contribution in [0.15, 0.2) is 194 Å². The molecule has 0 saturated heterocycles. The molecule has 0 N–H and O–H groups in total. The SMILES string of the molecule is CC(C)(C)c1cc2c3c(c1)N1c4c(cccc4-n4c5ccccc5c5cccc1c54)B3c1ccc(-n3c4ccc(C(C)(C)C)cc4c4cc(C(C)(C)C)ccc43)cc1N2c1ccc(-c2ccc3ccccc3c2)cc1. The Hall–Kier alpha value is -8.28. The number of nitrogens with zero attached hydrogens (tertiary/aromatic N) is 4. The fourth-order valence-corrected chi connectivity index (χ4v) is 13.1. The van der Waals surface area contributed by atoms with Gasteiger partial charge in [0.1, 0.15) is 0 Å². The fourth-order valence-electron chi connectivity index (χ4n) is 13.1. The molecule has 15 rings (SSSR count). The van der Waals surface area contributed by atoms with Gasteiger partial charge < -0.3 is 18.9 Å². The van der Waals surface area contributed by atoms with Gasteiger partial charge in [0, 0.05) is 50.0 Å². The highest BCUT2D eigenvalue weighted by molar-refractivity contribution is 7.00. The second-order valence-electron chi connectivity index (χ2n) is 24.7. The molecule has 0 fully saturated rings. The molecule has 10 aromatic carbocycles. The van der Waals surface area contributed by atoms with E-state index in [-0.39, 0.29) is 23.0 Å². The van der Waals surface area contributed by atoms with Crippen molar-refractivity contribution < 1.29 is 0 Å². The normalized spacial score (nSPS) is 13.9. The van der Waals surface area contributed by atoms with Gasteiger partial charge in [0.05, 0.1) is 39.1 Å². The minimum Gasteiger partial charge on any atom is -0.311 e. The summed E-state index contributed by atoms with van der Waals surface area (Å²) in [7, 11) is 0. The number of fused-ring (bicyclic) bond motifs is 13. The first-order chi connectivity index (χ1) is 36.1. The summed E-state index contributed by atoms with van der Waals surface area (Å²) in [5, 5.41) is 7.65. The molecule has 0 aliphatic carbocycles. The summed E-state index contributed by atoms with van der Waals surface area (Å²) in [5.41, 5.74) is 24.9. The minimum atomic E-state index is -0.147. The van der Waals surface area contributed by atoms with Crippen molar-refractivity contribution in [3.05, 3.63) is 211 Å². The smallest absolute Gasteiger partial charge is 0.252 e. The van der Waals surface area contributed by atoms with Crippen LogP contribution in [0.5, 0.6) is 0 Å². The minimum absolute atomic E-state index is 0.00725. The van der Waals surface area contributed by atoms with Crippen LogP contribution in [0.3, 0.4) is 0 Å². The first-order valence-corrected chi connectivity index (χ1v) is 26.9. The standard InChI is InChI=1S/C70H59BN4/c1-68(2,3)46-28-34-58-53(37-46)54-38-47(69(4,5)6)29-35-59(54)73(58)50-32-33-55-62(41-50)72(49-30-26-43(27-31-49)45-25-24-42-16-10-11-17-44(42)36-45)63-39-48(70(7,8)9)40-64-65(63)71(55)56-20-15-23-61-67(56)75(64)60-22-14-19-52-51-18-12-13-21-57(51)74(61)66(52)60/h10-41H,1-9H3. The predicted octanol–water partition coefficient (Wildman–Crippen LogP) is 17.0. The molecule has 4 nitrogen and oxygen atoms in total. The Morgan fingerprint density at radius 1 is 0.333 bits per heavy atom. The highest BCUT2D eigenvalue weighted by Gasteiger charge is 2.47. The maximum atomic E-state index is 2.63. The number of rotatable bonds is 3. The van der Waals surface area contributed by atoms with Crippen LogP contribution in [0.2, 0.25) is 0 Å². The van der Waals surface area contributed by atoms with Gasteiger partial charge in [-0.05, 0) is 156 Å². The Kier molecular flexibility index (Phi) is 8.95. The lowest BCUT2D eigenvalue weighted by molar-refractivity contribution is 0.590. The summed E-state index contributed by atoms with van der Waals surface area (Å²) in [6, 6.07) is 74.6. The highest BCUT2D eigenvalue weighted by Crippen LogP contribution is 2.53. The molecule has 12 aromatic rings. The monoisotopic (exact) mass is 966 g/mol. The highest BCUT2D eigenvalue weighted by atomic mass is 15.2. The molecule has 0 saturated carbocycles. The van der Waals surface area contributed by atoms with E-state index < -0.39 is 0 Å². The van der Waals surface area contributed by atoms with Crippen molar-refractivity contribution in [2.24, 2.45) is 0 Å². The number of benzene rings is 10. The van der Waals surface area contributed by atoms with Crippen molar-refractivity contribution in [1.82, 2.24) is 9.13 Å². The van der Waals surface area contributed by atoms with Gasteiger partial charge in [-0.2, -0.15) is 0 Å². The Bertz CT molecular complexity index is 4360. The van der Waals surface area contributed by atoms with Crippen LogP contribution in [0.4, 0.5) is 34.1 Å². The summed E-state index contributed by atoms with van der Waals surface area (Å²) in [6.07, 6.45) is 0. The van der Waals surface area contributed by atoms with E-state index in [1.807, 2.05) is 0 Å². The largest absolute Gasteiger partial charge is 0.311 e. The summed E-state index contributed by atoms with van der Waals surface area (Å²) in [4.78, 5) is 5.24. The van der Waals surface area contributed by atoms with E-state index in [1.165, 1.54) is 133 Å². The molecule has 362 valence electrons. The van der Waals surface area contributed by atoms with E-state index in [1.54, 1.807) is 0 Å². The molecule has 75 heavy (non-hydrogen) atoms. The molecule has 5 heteroatoms. The van der Waals surface area contributed by atoms with Crippen LogP contribution >= 0.6 is 0 Å². The molecule has 0 amide bonds. The lowest BCUT2D eigenvalue weighted by Gasteiger charge is -2.47. The van der Waals surface area contributed by atoms with Crippen molar-refractivity contribution in [1.29, 1.82) is 0 Å². The van der Waals surface area contributed by atoms with Crippen LogP contribution in [0.25, 0.3) is 76.9 Å². The average molecular weight is 967 g/mol. The Morgan fingerprint density at radius 2 is 0.920 bits per heavy atom. The second kappa shape index (κ2) is 15.2. The zero-order valence-corrected chi connectivity index (χ0v) is 44.3. The number of hydrogen-bond donors (Lipinski definition) is 0. The van der Waals surface area contributed by atoms with Gasteiger partial charge in [-0.3, -0.25) is 0 Å². The first kappa shape index (κ1) is 44.2. The molecule has 0 bridgehead atoms. The van der Waals surface area contributed by atoms with E-state index in [4.69, 9.17) is 0 Å². The molecular formula is C70H59BN4. The van der Waals surface area contributed by atoms with E-state index in [0.29, 0.717) is 0 Å². The van der Waals surface area contributed by atoms with Gasteiger partial charge in [-0.25, -0.2) is 0 Å². The van der Waals surface area contributed by atoms with Crippen molar-refractivity contribution in [2.45, 2.75) is 78.6 Å². The summed E-state index contributed by atoms with van der Waals surface area (Å²) < 4.78 is 5.08. The van der Waals surface area contributed by atoms with Crippen molar-refractivity contribution >= 4 is 112 Å². The number of para-hydroxylation sites is 3. The van der Waals surface area contributed by atoms with Gasteiger partial charge in [-0.15, -0.1) is 0 Å². The number of anilines is 6. The van der Waals surface area contributed by atoms with E-state index in [9.17, 15) is 0 Å². The molecule has 0 unspecified atom stereocenters. The third kappa shape index (κ3) is 6.31. The topological polar surface area (TPSA) is 16.3 Å². The molecule has 3 aliphatic heterocycles. The van der Waals surface area contributed by atoms with Crippen molar-refractivity contribution in [3.63, 3.8) is 0 Å². The zero-order chi connectivity index (χ0) is 51.0. The van der Waals surface area contributed by atoms with Gasteiger partial charge in [0.15, 0.2) is 0 Å². The fraction of sp³-hybridized carbons (Fsp3) is 0.171. The van der Waals surface area contributed by atoms with Gasteiger partial charge >= 0.3 is 0 Å². The van der Waals surface area contributed by atoms with Crippen LogP contribution in [-0.2, 0) is 16.2 Å². The maximum Gasteiger partial charge on any atom is 0.252 e. The van der Waals surface area contributed by atoms with Crippen LogP contribution in [-0.4, -0.2) is 15.8 Å².